The lowest BCUT2D eigenvalue weighted by molar-refractivity contribution is 0.0874. The van der Waals surface area contributed by atoms with Crippen LogP contribution in [0, 0.1) is 0 Å². The minimum Gasteiger partial charge on any atom is -0.388 e. The summed E-state index contributed by atoms with van der Waals surface area (Å²) in [6.07, 6.45) is 0.722. The van der Waals surface area contributed by atoms with E-state index in [-0.39, 0.29) is 0 Å². The van der Waals surface area contributed by atoms with Crippen molar-refractivity contribution >= 4 is 25.3 Å². The molecule has 0 saturated heterocycles. The fraction of sp³-hybridized carbons (Fsp3) is 1.00. The van der Waals surface area contributed by atoms with Crippen LogP contribution in [0.5, 0.6) is 0 Å². The van der Waals surface area contributed by atoms with Crippen LogP contribution >= 0.6 is 25.3 Å². The van der Waals surface area contributed by atoms with Crippen molar-refractivity contribution in [3.63, 3.8) is 0 Å². The van der Waals surface area contributed by atoms with E-state index in [1.54, 1.807) is 0 Å². The van der Waals surface area contributed by atoms with Gasteiger partial charge in [0.1, 0.15) is 0 Å². The Morgan fingerprint density at radius 1 is 1.38 bits per heavy atom. The maximum atomic E-state index is 9.28. The first-order chi connectivity index (χ1) is 3.68. The molecule has 1 nitrogen and oxygen atoms in total. The summed E-state index contributed by atoms with van der Waals surface area (Å²) in [6.45, 7) is 1.92. The van der Waals surface area contributed by atoms with E-state index >= 15 is 0 Å². The first-order valence-corrected chi connectivity index (χ1v) is 3.89. The Morgan fingerprint density at radius 3 is 1.75 bits per heavy atom. The number of aliphatic hydroxyl groups is 1. The maximum absolute atomic E-state index is 9.28. The Hall–Kier alpha value is 0.660. The summed E-state index contributed by atoms with van der Waals surface area (Å²) < 4.78 is 0. The van der Waals surface area contributed by atoms with Crippen LogP contribution in [-0.2, 0) is 0 Å². The molecule has 0 saturated carbocycles. The summed E-state index contributed by atoms with van der Waals surface area (Å²) in [7, 11) is 0. The van der Waals surface area contributed by atoms with Gasteiger partial charge in [-0.05, 0) is 6.42 Å². The first-order valence-electron chi connectivity index (χ1n) is 2.62. The van der Waals surface area contributed by atoms with Gasteiger partial charge in [-0.25, -0.2) is 0 Å². The largest absolute Gasteiger partial charge is 0.388 e. The van der Waals surface area contributed by atoms with Gasteiger partial charge in [0, 0.05) is 11.5 Å². The van der Waals surface area contributed by atoms with E-state index in [0.29, 0.717) is 11.5 Å². The van der Waals surface area contributed by atoms with Crippen LogP contribution in [0.15, 0.2) is 0 Å². The van der Waals surface area contributed by atoms with E-state index in [9.17, 15) is 5.11 Å². The molecule has 0 rings (SSSR count). The monoisotopic (exact) mass is 152 g/mol. The molecular weight excluding hydrogens is 140 g/mol. The molecule has 0 spiro atoms. The zero-order chi connectivity index (χ0) is 6.62. The van der Waals surface area contributed by atoms with E-state index in [1.807, 2.05) is 6.92 Å². The van der Waals surface area contributed by atoms with E-state index in [1.165, 1.54) is 0 Å². The summed E-state index contributed by atoms with van der Waals surface area (Å²) in [4.78, 5) is 0. The van der Waals surface area contributed by atoms with Crippen LogP contribution in [0.25, 0.3) is 0 Å². The molecule has 0 aliphatic rings. The van der Waals surface area contributed by atoms with Gasteiger partial charge in [0.05, 0.1) is 5.60 Å². The quantitative estimate of drug-likeness (QED) is 0.515. The molecule has 0 aliphatic heterocycles. The highest BCUT2D eigenvalue weighted by Gasteiger charge is 2.19. The Balaban J connectivity index is 3.58. The molecule has 0 amide bonds. The van der Waals surface area contributed by atoms with Gasteiger partial charge in [0.15, 0.2) is 0 Å². The van der Waals surface area contributed by atoms with Crippen molar-refractivity contribution in [3.05, 3.63) is 0 Å². The van der Waals surface area contributed by atoms with Gasteiger partial charge >= 0.3 is 0 Å². The number of thiol groups is 2. The van der Waals surface area contributed by atoms with Crippen molar-refractivity contribution in [2.24, 2.45) is 0 Å². The van der Waals surface area contributed by atoms with Gasteiger partial charge in [-0.15, -0.1) is 0 Å². The summed E-state index contributed by atoms with van der Waals surface area (Å²) in [5, 5.41) is 9.28. The van der Waals surface area contributed by atoms with Crippen molar-refractivity contribution in [2.75, 3.05) is 11.5 Å². The Morgan fingerprint density at radius 2 is 1.75 bits per heavy atom. The molecule has 1 N–H and O–H groups in total. The van der Waals surface area contributed by atoms with E-state index in [2.05, 4.69) is 25.3 Å². The lowest BCUT2D eigenvalue weighted by atomic mass is 10.1. The lowest BCUT2D eigenvalue weighted by Gasteiger charge is -2.20. The first kappa shape index (κ1) is 8.66. The molecule has 50 valence electrons. The molecule has 0 aliphatic carbocycles. The molecule has 0 radical (unpaired) electrons. The van der Waals surface area contributed by atoms with E-state index in [4.69, 9.17) is 0 Å². The van der Waals surface area contributed by atoms with Gasteiger partial charge < -0.3 is 5.11 Å². The molecule has 0 aromatic heterocycles. The highest BCUT2D eigenvalue weighted by molar-refractivity contribution is 7.81. The van der Waals surface area contributed by atoms with Gasteiger partial charge in [0.25, 0.3) is 0 Å². The van der Waals surface area contributed by atoms with Crippen molar-refractivity contribution in [2.45, 2.75) is 18.9 Å². The second-order valence-electron chi connectivity index (χ2n) is 1.89. The molecule has 0 bridgehead atoms. The normalized spacial score (nSPS) is 12.0. The third kappa shape index (κ3) is 2.29. The van der Waals surface area contributed by atoms with E-state index in [0.717, 1.165) is 6.42 Å². The van der Waals surface area contributed by atoms with Gasteiger partial charge in [-0.2, -0.15) is 25.3 Å². The number of rotatable bonds is 3. The molecular formula is C5H12OS2. The van der Waals surface area contributed by atoms with Gasteiger partial charge in [-0.3, -0.25) is 0 Å². The molecule has 3 heteroatoms. The van der Waals surface area contributed by atoms with Crippen LogP contribution in [0.1, 0.15) is 13.3 Å². The topological polar surface area (TPSA) is 20.2 Å². The summed E-state index contributed by atoms with van der Waals surface area (Å²) in [6, 6.07) is 0. The Bertz CT molecular complexity index is 53.2. The SMILES string of the molecule is CCC(O)(CS)CS. The third-order valence-corrected chi connectivity index (χ3v) is 2.42. The Labute approximate surface area is 61.3 Å². The lowest BCUT2D eigenvalue weighted by Crippen LogP contribution is -2.31. The average molecular weight is 152 g/mol. The Kier molecular flexibility index (Phi) is 3.94. The minimum atomic E-state index is -0.647. The molecule has 8 heavy (non-hydrogen) atoms. The molecule has 0 atom stereocenters. The van der Waals surface area contributed by atoms with Gasteiger partial charge in [0.2, 0.25) is 0 Å². The molecule has 0 heterocycles. The highest BCUT2D eigenvalue weighted by atomic mass is 32.1. The molecule has 0 aromatic rings. The number of hydrogen-bond acceptors (Lipinski definition) is 3. The maximum Gasteiger partial charge on any atom is 0.0820 e. The molecule has 0 unspecified atom stereocenters. The zero-order valence-corrected chi connectivity index (χ0v) is 6.75. The molecule has 0 aromatic carbocycles. The van der Waals surface area contributed by atoms with Crippen LogP contribution < -0.4 is 0 Å². The molecule has 0 fully saturated rings. The smallest absolute Gasteiger partial charge is 0.0820 e. The van der Waals surface area contributed by atoms with Crippen molar-refractivity contribution < 1.29 is 5.11 Å². The summed E-state index contributed by atoms with van der Waals surface area (Å²) in [5.74, 6) is 0.986. The van der Waals surface area contributed by atoms with Crippen molar-refractivity contribution in [3.8, 4) is 0 Å². The standard InChI is InChI=1S/C5H12OS2/c1-2-5(6,3-7)4-8/h6-8H,2-4H2,1H3. The predicted octanol–water partition coefficient (Wildman–Crippen LogP) is 0.987. The minimum absolute atomic E-state index is 0.493. The van der Waals surface area contributed by atoms with Crippen LogP contribution in [0.3, 0.4) is 0 Å². The van der Waals surface area contributed by atoms with Crippen molar-refractivity contribution in [1.82, 2.24) is 0 Å². The second-order valence-corrected chi connectivity index (χ2v) is 2.53. The second kappa shape index (κ2) is 3.64. The van der Waals surface area contributed by atoms with Crippen LogP contribution in [-0.4, -0.2) is 22.2 Å². The highest BCUT2D eigenvalue weighted by Crippen LogP contribution is 2.12. The summed E-state index contributed by atoms with van der Waals surface area (Å²) in [5.41, 5.74) is -0.647. The summed E-state index contributed by atoms with van der Waals surface area (Å²) >= 11 is 7.92. The van der Waals surface area contributed by atoms with E-state index < -0.39 is 5.60 Å². The van der Waals surface area contributed by atoms with Crippen LogP contribution in [0.4, 0.5) is 0 Å². The predicted molar refractivity (Wildman–Crippen MR) is 42.9 cm³/mol. The fourth-order valence-corrected chi connectivity index (χ4v) is 1.12. The van der Waals surface area contributed by atoms with Gasteiger partial charge in [-0.1, -0.05) is 6.92 Å². The average Bonchev–Trinajstić information content (AvgIpc) is 1.87. The van der Waals surface area contributed by atoms with Crippen molar-refractivity contribution in [1.29, 1.82) is 0 Å². The van der Waals surface area contributed by atoms with Crippen LogP contribution in [0.2, 0.25) is 0 Å². The zero-order valence-electron chi connectivity index (χ0n) is 4.96. The number of hydrogen-bond donors (Lipinski definition) is 3. The third-order valence-electron chi connectivity index (χ3n) is 1.25. The fourth-order valence-electron chi connectivity index (χ4n) is 0.274.